The summed E-state index contributed by atoms with van der Waals surface area (Å²) in [7, 11) is 0. The number of likely N-dealkylation sites (N-methyl/N-ethyl adjacent to an activating group) is 1. The first-order valence-electron chi connectivity index (χ1n) is 6.98. The van der Waals surface area contributed by atoms with Crippen molar-refractivity contribution in [3.8, 4) is 0 Å². The van der Waals surface area contributed by atoms with Crippen LogP contribution in [0.5, 0.6) is 0 Å². The van der Waals surface area contributed by atoms with E-state index in [9.17, 15) is 10.1 Å². The van der Waals surface area contributed by atoms with E-state index < -0.39 is 0 Å². The lowest BCUT2D eigenvalue weighted by Gasteiger charge is -2.24. The van der Waals surface area contributed by atoms with Crippen LogP contribution in [0.15, 0.2) is 22.7 Å². The molecule has 1 heterocycles. The van der Waals surface area contributed by atoms with Gasteiger partial charge < -0.3 is 5.32 Å². The molecule has 1 aliphatic rings. The molecule has 1 aromatic carbocycles. The van der Waals surface area contributed by atoms with E-state index in [2.05, 4.69) is 33.1 Å². The summed E-state index contributed by atoms with van der Waals surface area (Å²) >= 11 is 3.35. The second kappa shape index (κ2) is 7.15. The summed E-state index contributed by atoms with van der Waals surface area (Å²) in [6.45, 7) is 5.91. The Kier molecular flexibility index (Phi) is 5.51. The molecule has 1 saturated heterocycles. The molecule has 1 fully saturated rings. The number of hydrogen-bond donors (Lipinski definition) is 1. The largest absolute Gasteiger partial charge is 0.313 e. The lowest BCUT2D eigenvalue weighted by atomic mass is 10.1. The molecule has 20 heavy (non-hydrogen) atoms. The van der Waals surface area contributed by atoms with Gasteiger partial charge >= 0.3 is 0 Å². The minimum absolute atomic E-state index is 0.143. The number of nitro benzene ring substituents is 1. The van der Waals surface area contributed by atoms with Crippen molar-refractivity contribution in [2.45, 2.75) is 32.4 Å². The number of hydrogen-bond acceptors (Lipinski definition) is 4. The predicted octanol–water partition coefficient (Wildman–Crippen LogP) is 2.93. The fourth-order valence-corrected chi connectivity index (χ4v) is 3.15. The van der Waals surface area contributed by atoms with Gasteiger partial charge in [-0.15, -0.1) is 0 Å². The van der Waals surface area contributed by atoms with Crippen LogP contribution in [0.2, 0.25) is 0 Å². The fraction of sp³-hybridized carbons (Fsp3) is 0.571. The summed E-state index contributed by atoms with van der Waals surface area (Å²) in [6, 6.07) is 5.71. The summed E-state index contributed by atoms with van der Waals surface area (Å²) in [4.78, 5) is 12.9. The maximum atomic E-state index is 10.9. The van der Waals surface area contributed by atoms with Gasteiger partial charge in [-0.05, 0) is 37.6 Å². The van der Waals surface area contributed by atoms with E-state index in [1.165, 1.54) is 18.9 Å². The third-order valence-electron chi connectivity index (χ3n) is 3.65. The van der Waals surface area contributed by atoms with Gasteiger partial charge in [0.25, 0.3) is 5.69 Å². The van der Waals surface area contributed by atoms with Gasteiger partial charge in [0, 0.05) is 35.7 Å². The first kappa shape index (κ1) is 15.4. The number of benzene rings is 1. The molecular formula is C14H20BrN3O2. The molecule has 0 spiro atoms. The third kappa shape index (κ3) is 4.26. The van der Waals surface area contributed by atoms with Crippen molar-refractivity contribution in [1.82, 2.24) is 10.2 Å². The van der Waals surface area contributed by atoms with Crippen molar-refractivity contribution in [2.24, 2.45) is 0 Å². The van der Waals surface area contributed by atoms with Gasteiger partial charge in [-0.3, -0.25) is 15.0 Å². The van der Waals surface area contributed by atoms with E-state index in [0.717, 1.165) is 36.2 Å². The van der Waals surface area contributed by atoms with Crippen LogP contribution < -0.4 is 5.32 Å². The van der Waals surface area contributed by atoms with Crippen LogP contribution in [0.1, 0.15) is 25.3 Å². The zero-order valence-corrected chi connectivity index (χ0v) is 13.2. The lowest BCUT2D eigenvalue weighted by Crippen LogP contribution is -2.37. The van der Waals surface area contributed by atoms with E-state index in [0.29, 0.717) is 6.04 Å². The number of rotatable bonds is 6. The monoisotopic (exact) mass is 341 g/mol. The molecular weight excluding hydrogens is 322 g/mol. The number of nitrogens with zero attached hydrogens (tertiary/aromatic N) is 2. The molecule has 0 aliphatic carbocycles. The van der Waals surface area contributed by atoms with E-state index in [-0.39, 0.29) is 10.6 Å². The standard InChI is InChI=1S/C14H20BrN3O2/c1-2-17(10-13-4-3-5-16-13)9-11-6-12(15)8-14(7-11)18(19)20/h6-8,13,16H,2-5,9-10H2,1H3. The van der Waals surface area contributed by atoms with E-state index >= 15 is 0 Å². The summed E-state index contributed by atoms with van der Waals surface area (Å²) in [5.74, 6) is 0. The molecule has 1 N–H and O–H groups in total. The third-order valence-corrected chi connectivity index (χ3v) is 4.11. The quantitative estimate of drug-likeness (QED) is 0.638. The van der Waals surface area contributed by atoms with Crippen LogP contribution in [0, 0.1) is 10.1 Å². The van der Waals surface area contributed by atoms with E-state index in [1.54, 1.807) is 6.07 Å². The fourth-order valence-electron chi connectivity index (χ4n) is 2.62. The average Bonchev–Trinajstić information content (AvgIpc) is 2.90. The zero-order valence-electron chi connectivity index (χ0n) is 11.6. The van der Waals surface area contributed by atoms with Crippen molar-refractivity contribution in [3.05, 3.63) is 38.3 Å². The highest BCUT2D eigenvalue weighted by Gasteiger charge is 2.18. The van der Waals surface area contributed by atoms with Crippen LogP contribution in [-0.4, -0.2) is 35.5 Å². The molecule has 0 amide bonds. The van der Waals surface area contributed by atoms with Crippen LogP contribution in [0.25, 0.3) is 0 Å². The van der Waals surface area contributed by atoms with Gasteiger partial charge in [-0.25, -0.2) is 0 Å². The summed E-state index contributed by atoms with van der Waals surface area (Å²) in [5.41, 5.74) is 1.12. The summed E-state index contributed by atoms with van der Waals surface area (Å²) in [6.07, 6.45) is 2.46. The molecule has 0 radical (unpaired) electrons. The van der Waals surface area contributed by atoms with Crippen LogP contribution in [0.3, 0.4) is 0 Å². The number of nitrogens with one attached hydrogen (secondary N) is 1. The first-order valence-corrected chi connectivity index (χ1v) is 7.77. The molecule has 6 heteroatoms. The van der Waals surface area contributed by atoms with Gasteiger partial charge in [-0.2, -0.15) is 0 Å². The van der Waals surface area contributed by atoms with E-state index in [1.807, 2.05) is 6.07 Å². The Morgan fingerprint density at radius 2 is 2.30 bits per heavy atom. The van der Waals surface area contributed by atoms with E-state index in [4.69, 9.17) is 0 Å². The van der Waals surface area contributed by atoms with Crippen molar-refractivity contribution >= 4 is 21.6 Å². The van der Waals surface area contributed by atoms with Gasteiger partial charge in [0.1, 0.15) is 0 Å². The van der Waals surface area contributed by atoms with Crippen molar-refractivity contribution in [2.75, 3.05) is 19.6 Å². The Labute approximate surface area is 127 Å². The van der Waals surface area contributed by atoms with Gasteiger partial charge in [0.15, 0.2) is 0 Å². The molecule has 110 valence electrons. The van der Waals surface area contributed by atoms with Crippen molar-refractivity contribution < 1.29 is 4.92 Å². The van der Waals surface area contributed by atoms with Gasteiger partial charge in [0.05, 0.1) is 4.92 Å². The molecule has 1 atom stereocenters. The molecule has 1 aromatic rings. The number of halogens is 1. The van der Waals surface area contributed by atoms with Crippen LogP contribution >= 0.6 is 15.9 Å². The lowest BCUT2D eigenvalue weighted by molar-refractivity contribution is -0.385. The number of nitro groups is 1. The van der Waals surface area contributed by atoms with Crippen molar-refractivity contribution in [1.29, 1.82) is 0 Å². The van der Waals surface area contributed by atoms with Crippen LogP contribution in [-0.2, 0) is 6.54 Å². The second-order valence-corrected chi connectivity index (χ2v) is 6.11. The molecule has 5 nitrogen and oxygen atoms in total. The normalized spacial score (nSPS) is 18.6. The Morgan fingerprint density at radius 3 is 2.90 bits per heavy atom. The minimum Gasteiger partial charge on any atom is -0.313 e. The van der Waals surface area contributed by atoms with Gasteiger partial charge in [-0.1, -0.05) is 22.9 Å². The molecule has 0 aromatic heterocycles. The highest BCUT2D eigenvalue weighted by molar-refractivity contribution is 9.10. The average molecular weight is 342 g/mol. The summed E-state index contributed by atoms with van der Waals surface area (Å²) in [5, 5.41) is 14.4. The molecule has 1 aliphatic heterocycles. The Morgan fingerprint density at radius 1 is 1.50 bits per heavy atom. The molecule has 0 saturated carbocycles. The zero-order chi connectivity index (χ0) is 14.5. The molecule has 1 unspecified atom stereocenters. The van der Waals surface area contributed by atoms with Crippen molar-refractivity contribution in [3.63, 3.8) is 0 Å². The first-order chi connectivity index (χ1) is 9.58. The minimum atomic E-state index is -0.344. The SMILES string of the molecule is CCN(Cc1cc(Br)cc([N+](=O)[O-])c1)CC1CCCN1. The van der Waals surface area contributed by atoms with Gasteiger partial charge in [0.2, 0.25) is 0 Å². The maximum absolute atomic E-state index is 10.9. The number of non-ortho nitro benzene ring substituents is 1. The maximum Gasteiger partial charge on any atom is 0.270 e. The van der Waals surface area contributed by atoms with Crippen LogP contribution in [0.4, 0.5) is 5.69 Å². The summed E-state index contributed by atoms with van der Waals surface area (Å²) < 4.78 is 0.761. The molecule has 0 bridgehead atoms. The Hall–Kier alpha value is -0.980. The highest BCUT2D eigenvalue weighted by Crippen LogP contribution is 2.22. The topological polar surface area (TPSA) is 58.4 Å². The second-order valence-electron chi connectivity index (χ2n) is 5.20. The molecule has 2 rings (SSSR count). The smallest absolute Gasteiger partial charge is 0.270 e. The predicted molar refractivity (Wildman–Crippen MR) is 82.8 cm³/mol. The Bertz CT molecular complexity index is 475. The highest BCUT2D eigenvalue weighted by atomic mass is 79.9. The Balaban J connectivity index is 2.04.